The highest BCUT2D eigenvalue weighted by Gasteiger charge is 2.22. The van der Waals surface area contributed by atoms with E-state index in [1.807, 2.05) is 36.4 Å². The number of pyridine rings is 1. The van der Waals surface area contributed by atoms with Gasteiger partial charge in [0.25, 0.3) is 5.91 Å². The summed E-state index contributed by atoms with van der Waals surface area (Å²) in [5.41, 5.74) is 3.44. The standard InChI is InChI=1S/C21H21N7O/c29-21(23-12-9-15-7-10-22-11-8-15)18-25-20-19(27-13-3-4-14-27)24-16-5-1-2-6-17(16)28(20)26-18/h1-2,5-8,10-11H,3-4,9,12-14H2,(H,23,29). The summed E-state index contributed by atoms with van der Waals surface area (Å²) in [6.45, 7) is 2.40. The molecule has 4 heterocycles. The number of amides is 1. The molecule has 4 aromatic rings. The lowest BCUT2D eigenvalue weighted by atomic mass is 10.2. The van der Waals surface area contributed by atoms with Gasteiger partial charge in [-0.25, -0.2) is 9.50 Å². The van der Waals surface area contributed by atoms with Crippen LogP contribution in [-0.4, -0.2) is 50.1 Å². The molecule has 0 unspecified atom stereocenters. The van der Waals surface area contributed by atoms with Crippen molar-refractivity contribution in [3.63, 3.8) is 0 Å². The maximum absolute atomic E-state index is 12.7. The van der Waals surface area contributed by atoms with Gasteiger partial charge in [0.15, 0.2) is 11.5 Å². The zero-order valence-corrected chi connectivity index (χ0v) is 16.0. The minimum atomic E-state index is -0.279. The summed E-state index contributed by atoms with van der Waals surface area (Å²) < 4.78 is 1.74. The van der Waals surface area contributed by atoms with Crippen LogP contribution in [0, 0.1) is 0 Å². The van der Waals surface area contributed by atoms with Crippen molar-refractivity contribution in [3.8, 4) is 0 Å². The predicted molar refractivity (Wildman–Crippen MR) is 110 cm³/mol. The second-order valence-corrected chi connectivity index (χ2v) is 7.15. The van der Waals surface area contributed by atoms with E-state index in [0.29, 0.717) is 12.2 Å². The molecule has 0 bridgehead atoms. The number of rotatable bonds is 5. The van der Waals surface area contributed by atoms with E-state index in [2.05, 4.69) is 25.3 Å². The SMILES string of the molecule is O=C(NCCc1ccncc1)c1nc2c(N3CCCC3)nc3ccccc3n2n1. The minimum absolute atomic E-state index is 0.165. The van der Waals surface area contributed by atoms with E-state index in [0.717, 1.165) is 54.8 Å². The molecule has 1 N–H and O–H groups in total. The van der Waals surface area contributed by atoms with Crippen LogP contribution in [0.15, 0.2) is 48.8 Å². The Kier molecular flexibility index (Phi) is 4.51. The summed E-state index contributed by atoms with van der Waals surface area (Å²) in [4.78, 5) is 28.3. The van der Waals surface area contributed by atoms with E-state index in [1.54, 1.807) is 16.9 Å². The van der Waals surface area contributed by atoms with E-state index in [1.165, 1.54) is 0 Å². The third-order valence-corrected chi connectivity index (χ3v) is 5.20. The number of hydrogen-bond donors (Lipinski definition) is 1. The van der Waals surface area contributed by atoms with E-state index >= 15 is 0 Å². The number of benzene rings is 1. The lowest BCUT2D eigenvalue weighted by molar-refractivity contribution is 0.0944. The summed E-state index contributed by atoms with van der Waals surface area (Å²) in [6, 6.07) is 11.7. The normalized spacial score (nSPS) is 14.0. The average Bonchev–Trinajstić information content (AvgIpc) is 3.44. The Bertz CT molecular complexity index is 1170. The van der Waals surface area contributed by atoms with Gasteiger partial charge in [0.2, 0.25) is 5.82 Å². The van der Waals surface area contributed by atoms with Gasteiger partial charge in [0.05, 0.1) is 11.0 Å². The first-order valence-electron chi connectivity index (χ1n) is 9.87. The number of aromatic nitrogens is 5. The fourth-order valence-corrected chi connectivity index (χ4v) is 3.71. The molecule has 29 heavy (non-hydrogen) atoms. The summed E-state index contributed by atoms with van der Waals surface area (Å²) in [6.07, 6.45) is 6.50. The number of nitrogens with one attached hydrogen (secondary N) is 1. The van der Waals surface area contributed by atoms with Crippen LogP contribution in [0.4, 0.5) is 5.82 Å². The fraction of sp³-hybridized carbons (Fsp3) is 0.286. The molecule has 1 amide bonds. The molecule has 1 fully saturated rings. The van der Waals surface area contributed by atoms with Gasteiger partial charge in [-0.1, -0.05) is 12.1 Å². The van der Waals surface area contributed by atoms with E-state index in [4.69, 9.17) is 4.98 Å². The molecule has 1 aromatic carbocycles. The van der Waals surface area contributed by atoms with Crippen molar-refractivity contribution in [1.29, 1.82) is 0 Å². The third-order valence-electron chi connectivity index (χ3n) is 5.20. The molecule has 146 valence electrons. The molecule has 0 atom stereocenters. The molecule has 3 aromatic heterocycles. The summed E-state index contributed by atoms with van der Waals surface area (Å²) in [7, 11) is 0. The Morgan fingerprint density at radius 2 is 1.83 bits per heavy atom. The topological polar surface area (TPSA) is 88.3 Å². The fourth-order valence-electron chi connectivity index (χ4n) is 3.71. The van der Waals surface area contributed by atoms with Crippen molar-refractivity contribution in [2.75, 3.05) is 24.5 Å². The van der Waals surface area contributed by atoms with Gasteiger partial charge in [-0.15, -0.1) is 5.10 Å². The second-order valence-electron chi connectivity index (χ2n) is 7.15. The summed E-state index contributed by atoms with van der Waals surface area (Å²) in [5, 5.41) is 7.43. The number of carbonyl (C=O) groups is 1. The van der Waals surface area contributed by atoms with Crippen LogP contribution in [-0.2, 0) is 6.42 Å². The molecule has 8 heteroatoms. The van der Waals surface area contributed by atoms with Crippen LogP contribution in [0.25, 0.3) is 16.7 Å². The molecule has 0 saturated carbocycles. The lowest BCUT2D eigenvalue weighted by Crippen LogP contribution is -2.26. The van der Waals surface area contributed by atoms with Crippen LogP contribution in [0.3, 0.4) is 0 Å². The number of para-hydroxylation sites is 2. The van der Waals surface area contributed by atoms with Crippen LogP contribution in [0.5, 0.6) is 0 Å². The Morgan fingerprint density at radius 3 is 2.66 bits per heavy atom. The first kappa shape index (κ1) is 17.5. The lowest BCUT2D eigenvalue weighted by Gasteiger charge is -2.17. The van der Waals surface area contributed by atoms with Gasteiger partial charge in [0.1, 0.15) is 0 Å². The van der Waals surface area contributed by atoms with Crippen molar-refractivity contribution >= 4 is 28.4 Å². The van der Waals surface area contributed by atoms with Crippen LogP contribution in [0.1, 0.15) is 29.0 Å². The van der Waals surface area contributed by atoms with Gasteiger partial charge in [-0.05, 0) is 49.1 Å². The number of anilines is 1. The van der Waals surface area contributed by atoms with Gasteiger partial charge < -0.3 is 10.2 Å². The molecule has 5 rings (SSSR count). The predicted octanol–water partition coefficient (Wildman–Crippen LogP) is 2.25. The highest BCUT2D eigenvalue weighted by atomic mass is 16.2. The quantitative estimate of drug-likeness (QED) is 0.565. The number of fused-ring (bicyclic) bond motifs is 3. The van der Waals surface area contributed by atoms with E-state index in [9.17, 15) is 4.79 Å². The van der Waals surface area contributed by atoms with Crippen molar-refractivity contribution < 1.29 is 4.79 Å². The summed E-state index contributed by atoms with van der Waals surface area (Å²) in [5.74, 6) is 0.682. The molecule has 8 nitrogen and oxygen atoms in total. The molecular weight excluding hydrogens is 366 g/mol. The molecular formula is C21H21N7O. The summed E-state index contributed by atoms with van der Waals surface area (Å²) >= 11 is 0. The number of nitrogens with zero attached hydrogens (tertiary/aromatic N) is 6. The van der Waals surface area contributed by atoms with Crippen LogP contribution >= 0.6 is 0 Å². The molecule has 1 aliphatic rings. The monoisotopic (exact) mass is 387 g/mol. The molecule has 1 saturated heterocycles. The molecule has 0 aliphatic carbocycles. The van der Waals surface area contributed by atoms with Gasteiger partial charge >= 0.3 is 0 Å². The highest BCUT2D eigenvalue weighted by Crippen LogP contribution is 2.26. The Hall–Kier alpha value is -3.55. The Labute approximate surface area is 167 Å². The zero-order valence-electron chi connectivity index (χ0n) is 16.0. The molecule has 1 aliphatic heterocycles. The zero-order chi connectivity index (χ0) is 19.6. The smallest absolute Gasteiger partial charge is 0.291 e. The van der Waals surface area contributed by atoms with Crippen LogP contribution in [0.2, 0.25) is 0 Å². The van der Waals surface area contributed by atoms with Gasteiger partial charge in [-0.2, -0.15) is 4.98 Å². The van der Waals surface area contributed by atoms with E-state index in [-0.39, 0.29) is 11.7 Å². The van der Waals surface area contributed by atoms with Gasteiger partial charge in [-0.3, -0.25) is 9.78 Å². The first-order chi connectivity index (χ1) is 14.3. The van der Waals surface area contributed by atoms with Crippen molar-refractivity contribution in [1.82, 2.24) is 29.9 Å². The van der Waals surface area contributed by atoms with Crippen LogP contribution < -0.4 is 10.2 Å². The first-order valence-corrected chi connectivity index (χ1v) is 9.87. The average molecular weight is 387 g/mol. The Balaban J connectivity index is 1.46. The molecule has 0 radical (unpaired) electrons. The second kappa shape index (κ2) is 7.46. The largest absolute Gasteiger partial charge is 0.353 e. The maximum Gasteiger partial charge on any atom is 0.291 e. The number of hydrogen-bond acceptors (Lipinski definition) is 6. The van der Waals surface area contributed by atoms with Gasteiger partial charge in [0, 0.05) is 32.0 Å². The molecule has 0 spiro atoms. The highest BCUT2D eigenvalue weighted by molar-refractivity contribution is 5.92. The third kappa shape index (κ3) is 3.37. The number of carbonyl (C=O) groups excluding carboxylic acids is 1. The van der Waals surface area contributed by atoms with Crippen molar-refractivity contribution in [3.05, 3.63) is 60.2 Å². The maximum atomic E-state index is 12.7. The van der Waals surface area contributed by atoms with Crippen molar-refractivity contribution in [2.45, 2.75) is 19.3 Å². The van der Waals surface area contributed by atoms with E-state index < -0.39 is 0 Å². The minimum Gasteiger partial charge on any atom is -0.353 e. The Morgan fingerprint density at radius 1 is 1.03 bits per heavy atom. The van der Waals surface area contributed by atoms with Crippen molar-refractivity contribution in [2.24, 2.45) is 0 Å².